The molecule has 1 fully saturated rings. The van der Waals surface area contributed by atoms with Gasteiger partial charge in [-0.05, 0) is 26.0 Å². The third kappa shape index (κ3) is 3.32. The molecule has 3 heterocycles. The lowest BCUT2D eigenvalue weighted by Crippen LogP contribution is -2.41. The first-order valence-electron chi connectivity index (χ1n) is 9.02. The number of rotatable bonds is 4. The molecule has 8 nitrogen and oxygen atoms in total. The van der Waals surface area contributed by atoms with E-state index in [1.54, 1.807) is 19.9 Å². The standard InChI is InChI=1S/C19H21N5O3S/c1-14-19(28(25,26)23-10-12-27-13-11-23)15(2)24(22-14)18-9-8-17(20-21-18)16-6-4-3-5-7-16/h3-9H,10-13H2,1-2H3. The summed E-state index contributed by atoms with van der Waals surface area (Å²) < 4.78 is 34.4. The van der Waals surface area contributed by atoms with Crippen LogP contribution in [0, 0.1) is 13.8 Å². The summed E-state index contributed by atoms with van der Waals surface area (Å²) in [4.78, 5) is 0.225. The van der Waals surface area contributed by atoms with Crippen molar-refractivity contribution in [3.8, 4) is 17.1 Å². The second-order valence-electron chi connectivity index (χ2n) is 6.57. The van der Waals surface area contributed by atoms with Gasteiger partial charge in [0.1, 0.15) is 4.90 Å². The van der Waals surface area contributed by atoms with Crippen molar-refractivity contribution in [3.63, 3.8) is 0 Å². The monoisotopic (exact) mass is 399 g/mol. The highest BCUT2D eigenvalue weighted by atomic mass is 32.2. The summed E-state index contributed by atoms with van der Waals surface area (Å²) in [5.41, 5.74) is 2.67. The van der Waals surface area contributed by atoms with Crippen LogP contribution in [0.3, 0.4) is 0 Å². The van der Waals surface area contributed by atoms with Crippen molar-refractivity contribution < 1.29 is 13.2 Å². The molecule has 0 bridgehead atoms. The maximum absolute atomic E-state index is 13.1. The second-order valence-corrected chi connectivity index (χ2v) is 8.45. The molecule has 3 aromatic rings. The predicted molar refractivity (Wildman–Crippen MR) is 104 cm³/mol. The first-order valence-corrected chi connectivity index (χ1v) is 10.5. The molecule has 1 aliphatic rings. The lowest BCUT2D eigenvalue weighted by atomic mass is 10.1. The van der Waals surface area contributed by atoms with Gasteiger partial charge >= 0.3 is 0 Å². The number of benzene rings is 1. The van der Waals surface area contributed by atoms with Crippen molar-refractivity contribution in [2.75, 3.05) is 26.3 Å². The van der Waals surface area contributed by atoms with Gasteiger partial charge in [0.25, 0.3) is 0 Å². The Hall–Kier alpha value is -2.62. The van der Waals surface area contributed by atoms with Crippen LogP contribution in [0.2, 0.25) is 0 Å². The first-order chi connectivity index (χ1) is 13.5. The van der Waals surface area contributed by atoms with Crippen molar-refractivity contribution in [1.29, 1.82) is 0 Å². The van der Waals surface area contributed by atoms with Crippen molar-refractivity contribution in [3.05, 3.63) is 53.9 Å². The molecule has 146 valence electrons. The van der Waals surface area contributed by atoms with Crippen LogP contribution in [0.1, 0.15) is 11.4 Å². The predicted octanol–water partition coefficient (Wildman–Crippen LogP) is 1.97. The largest absolute Gasteiger partial charge is 0.379 e. The molecule has 0 N–H and O–H groups in total. The van der Waals surface area contributed by atoms with Crippen molar-refractivity contribution in [2.24, 2.45) is 0 Å². The second kappa shape index (κ2) is 7.42. The van der Waals surface area contributed by atoms with E-state index in [2.05, 4.69) is 15.3 Å². The summed E-state index contributed by atoms with van der Waals surface area (Å²) in [6.45, 7) is 4.93. The fraction of sp³-hybridized carbons (Fsp3) is 0.316. The molecular formula is C19H21N5O3S. The molecular weight excluding hydrogens is 378 g/mol. The molecule has 28 heavy (non-hydrogen) atoms. The minimum Gasteiger partial charge on any atom is -0.379 e. The topological polar surface area (TPSA) is 90.2 Å². The lowest BCUT2D eigenvalue weighted by Gasteiger charge is -2.26. The highest BCUT2D eigenvalue weighted by Crippen LogP contribution is 2.26. The van der Waals surface area contributed by atoms with E-state index in [0.717, 1.165) is 11.3 Å². The number of hydrogen-bond donors (Lipinski definition) is 0. The van der Waals surface area contributed by atoms with Gasteiger partial charge in [0.15, 0.2) is 5.82 Å². The van der Waals surface area contributed by atoms with Gasteiger partial charge in [-0.15, -0.1) is 10.2 Å². The minimum atomic E-state index is -3.64. The molecule has 2 aromatic heterocycles. The zero-order chi connectivity index (χ0) is 19.7. The fourth-order valence-electron chi connectivity index (χ4n) is 3.34. The smallest absolute Gasteiger partial charge is 0.246 e. The van der Waals surface area contributed by atoms with Crippen molar-refractivity contribution >= 4 is 10.0 Å². The van der Waals surface area contributed by atoms with Crippen LogP contribution in [0.4, 0.5) is 0 Å². The third-order valence-corrected chi connectivity index (χ3v) is 6.88. The number of sulfonamides is 1. The van der Waals surface area contributed by atoms with E-state index in [1.807, 2.05) is 36.4 Å². The molecule has 0 aliphatic carbocycles. The molecule has 1 saturated heterocycles. The Bertz CT molecular complexity index is 1070. The van der Waals surface area contributed by atoms with Crippen LogP contribution >= 0.6 is 0 Å². The van der Waals surface area contributed by atoms with E-state index in [4.69, 9.17) is 4.74 Å². The molecule has 0 atom stereocenters. The summed E-state index contributed by atoms with van der Waals surface area (Å²) in [7, 11) is -3.64. The van der Waals surface area contributed by atoms with Crippen LogP contribution in [-0.2, 0) is 14.8 Å². The number of ether oxygens (including phenoxy) is 1. The van der Waals surface area contributed by atoms with Crippen LogP contribution in [0.15, 0.2) is 47.4 Å². The van der Waals surface area contributed by atoms with Crippen LogP contribution in [-0.4, -0.2) is 59.0 Å². The zero-order valence-electron chi connectivity index (χ0n) is 15.7. The van der Waals surface area contributed by atoms with Crippen molar-refractivity contribution in [1.82, 2.24) is 24.3 Å². The Kier molecular flexibility index (Phi) is 4.96. The summed E-state index contributed by atoms with van der Waals surface area (Å²) in [5.74, 6) is 0.476. The van der Waals surface area contributed by atoms with E-state index < -0.39 is 10.0 Å². The summed E-state index contributed by atoms with van der Waals surface area (Å²) in [6.07, 6.45) is 0. The van der Waals surface area contributed by atoms with Gasteiger partial charge in [0, 0.05) is 18.7 Å². The molecule has 1 aliphatic heterocycles. The summed E-state index contributed by atoms with van der Waals surface area (Å²) in [5, 5.41) is 12.9. The quantitative estimate of drug-likeness (QED) is 0.666. The highest BCUT2D eigenvalue weighted by molar-refractivity contribution is 7.89. The minimum absolute atomic E-state index is 0.225. The maximum Gasteiger partial charge on any atom is 0.246 e. The lowest BCUT2D eigenvalue weighted by molar-refractivity contribution is 0.0730. The normalized spacial score (nSPS) is 15.6. The number of hydrogen-bond acceptors (Lipinski definition) is 6. The fourth-order valence-corrected chi connectivity index (χ4v) is 5.10. The van der Waals surface area contributed by atoms with E-state index in [0.29, 0.717) is 43.5 Å². The SMILES string of the molecule is Cc1nn(-c2ccc(-c3ccccc3)nn2)c(C)c1S(=O)(=O)N1CCOCC1. The molecule has 0 radical (unpaired) electrons. The molecule has 9 heteroatoms. The Morgan fingerprint density at radius 3 is 2.32 bits per heavy atom. The molecule has 1 aromatic carbocycles. The number of aryl methyl sites for hydroxylation is 1. The maximum atomic E-state index is 13.1. The van der Waals surface area contributed by atoms with Crippen LogP contribution in [0.5, 0.6) is 0 Å². The number of morpholine rings is 1. The molecule has 0 unspecified atom stereocenters. The first kappa shape index (κ1) is 18.7. The van der Waals surface area contributed by atoms with Gasteiger partial charge in [-0.2, -0.15) is 9.40 Å². The van der Waals surface area contributed by atoms with Gasteiger partial charge in [-0.25, -0.2) is 13.1 Å². The Balaban J connectivity index is 1.69. The third-order valence-electron chi connectivity index (χ3n) is 4.73. The average molecular weight is 399 g/mol. The van der Waals surface area contributed by atoms with E-state index >= 15 is 0 Å². The van der Waals surface area contributed by atoms with Gasteiger partial charge in [-0.3, -0.25) is 0 Å². The molecule has 0 amide bonds. The van der Waals surface area contributed by atoms with E-state index in [-0.39, 0.29) is 4.90 Å². The summed E-state index contributed by atoms with van der Waals surface area (Å²) >= 11 is 0. The Labute approximate surface area is 163 Å². The van der Waals surface area contributed by atoms with Gasteiger partial charge in [0.2, 0.25) is 10.0 Å². The number of aromatic nitrogens is 4. The van der Waals surface area contributed by atoms with Crippen LogP contribution in [0.25, 0.3) is 17.1 Å². The number of nitrogens with zero attached hydrogens (tertiary/aromatic N) is 5. The highest BCUT2D eigenvalue weighted by Gasteiger charge is 2.32. The van der Waals surface area contributed by atoms with E-state index in [1.165, 1.54) is 8.99 Å². The Morgan fingerprint density at radius 1 is 0.964 bits per heavy atom. The van der Waals surface area contributed by atoms with Gasteiger partial charge in [0.05, 0.1) is 30.3 Å². The van der Waals surface area contributed by atoms with E-state index in [9.17, 15) is 8.42 Å². The van der Waals surface area contributed by atoms with Gasteiger partial charge in [-0.1, -0.05) is 30.3 Å². The average Bonchev–Trinajstić information content (AvgIpc) is 3.04. The van der Waals surface area contributed by atoms with Crippen molar-refractivity contribution in [2.45, 2.75) is 18.7 Å². The molecule has 0 spiro atoms. The Morgan fingerprint density at radius 2 is 1.68 bits per heavy atom. The molecule has 4 rings (SSSR count). The zero-order valence-corrected chi connectivity index (χ0v) is 16.6. The van der Waals surface area contributed by atoms with Gasteiger partial charge < -0.3 is 4.74 Å². The molecule has 0 saturated carbocycles. The summed E-state index contributed by atoms with van der Waals surface area (Å²) in [6, 6.07) is 13.4. The van der Waals surface area contributed by atoms with Crippen LogP contribution < -0.4 is 0 Å².